The van der Waals surface area contributed by atoms with E-state index in [1.54, 1.807) is 6.07 Å². The van der Waals surface area contributed by atoms with Crippen molar-refractivity contribution in [2.24, 2.45) is 0 Å². The van der Waals surface area contributed by atoms with Crippen LogP contribution in [0, 0.1) is 0 Å². The number of benzene rings is 5. The van der Waals surface area contributed by atoms with Crippen LogP contribution in [-0.4, -0.2) is 16.9 Å². The van der Waals surface area contributed by atoms with Crippen molar-refractivity contribution in [2.45, 2.75) is 0 Å². The van der Waals surface area contributed by atoms with Gasteiger partial charge in [-0.3, -0.25) is 4.79 Å². The second-order valence-electron chi connectivity index (χ2n) is 6.24. The molecule has 25 heavy (non-hydrogen) atoms. The van der Waals surface area contributed by atoms with E-state index in [1.165, 1.54) is 0 Å². The average molecular weight is 324 g/mol. The molecule has 0 heterocycles. The summed E-state index contributed by atoms with van der Waals surface area (Å²) in [7, 11) is 0. The molecule has 0 saturated heterocycles. The highest BCUT2D eigenvalue weighted by Gasteiger charge is 2.22. The Labute approximate surface area is 142 Å². The number of hydrogen-bond donors (Lipinski definition) is 1. The van der Waals surface area contributed by atoms with Gasteiger partial charge in [-0.2, -0.15) is 0 Å². The van der Waals surface area contributed by atoms with E-state index >= 15 is 0 Å². The van der Waals surface area contributed by atoms with E-state index in [-0.39, 0.29) is 5.56 Å². The molecule has 118 valence electrons. The van der Waals surface area contributed by atoms with Crippen molar-refractivity contribution in [1.82, 2.24) is 0 Å². The Morgan fingerprint density at radius 2 is 1.20 bits per heavy atom. The molecule has 0 amide bonds. The maximum Gasteiger partial charge on any atom is 0.377 e. The fourth-order valence-electron chi connectivity index (χ4n) is 3.94. The molecule has 0 aliphatic heterocycles. The highest BCUT2D eigenvalue weighted by molar-refractivity contribution is 6.46. The summed E-state index contributed by atoms with van der Waals surface area (Å²) in [5.41, 5.74) is 0.245. The molecule has 5 rings (SSSR count). The molecule has 0 aromatic heterocycles. The molecule has 0 radical (unpaired) electrons. The zero-order valence-electron chi connectivity index (χ0n) is 13.1. The minimum atomic E-state index is -1.43. The number of rotatable bonds is 2. The summed E-state index contributed by atoms with van der Waals surface area (Å²) in [6.07, 6.45) is 0. The van der Waals surface area contributed by atoms with Crippen LogP contribution in [0.25, 0.3) is 43.1 Å². The number of hydrogen-bond acceptors (Lipinski definition) is 2. The number of carbonyl (C=O) groups is 2. The molecule has 0 bridgehead atoms. The van der Waals surface area contributed by atoms with Crippen molar-refractivity contribution in [1.29, 1.82) is 0 Å². The van der Waals surface area contributed by atoms with E-state index in [1.807, 2.05) is 48.5 Å². The van der Waals surface area contributed by atoms with Crippen LogP contribution >= 0.6 is 0 Å². The molecule has 0 fully saturated rings. The Bertz CT molecular complexity index is 1330. The zero-order chi connectivity index (χ0) is 17.1. The first-order valence-electron chi connectivity index (χ1n) is 8.02. The Kier molecular flexibility index (Phi) is 2.66. The summed E-state index contributed by atoms with van der Waals surface area (Å²) >= 11 is 0. The minimum absolute atomic E-state index is 0.245. The van der Waals surface area contributed by atoms with Gasteiger partial charge in [0.05, 0.1) is 0 Å². The van der Waals surface area contributed by atoms with Gasteiger partial charge in [-0.1, -0.05) is 60.7 Å². The highest BCUT2D eigenvalue weighted by atomic mass is 16.4. The molecule has 0 spiro atoms. The van der Waals surface area contributed by atoms with Gasteiger partial charge in [0, 0.05) is 10.9 Å². The van der Waals surface area contributed by atoms with Gasteiger partial charge in [-0.25, -0.2) is 4.79 Å². The Morgan fingerprint density at radius 3 is 1.96 bits per heavy atom. The third-order valence-electron chi connectivity index (χ3n) is 4.95. The van der Waals surface area contributed by atoms with Crippen LogP contribution < -0.4 is 0 Å². The molecule has 5 aromatic carbocycles. The predicted octanol–water partition coefficient (Wildman–Crippen LogP) is 5.00. The Morgan fingerprint density at radius 1 is 0.600 bits per heavy atom. The van der Waals surface area contributed by atoms with Gasteiger partial charge in [-0.05, 0) is 43.8 Å². The van der Waals surface area contributed by atoms with Gasteiger partial charge in [0.1, 0.15) is 0 Å². The van der Waals surface area contributed by atoms with E-state index in [0.29, 0.717) is 0 Å². The van der Waals surface area contributed by atoms with Crippen molar-refractivity contribution in [3.8, 4) is 0 Å². The van der Waals surface area contributed by atoms with Crippen molar-refractivity contribution in [2.75, 3.05) is 0 Å². The third-order valence-corrected chi connectivity index (χ3v) is 4.95. The lowest BCUT2D eigenvalue weighted by atomic mass is 9.86. The molecule has 0 aliphatic carbocycles. The van der Waals surface area contributed by atoms with Crippen LogP contribution in [0.15, 0.2) is 66.7 Å². The van der Waals surface area contributed by atoms with Crippen LogP contribution in [0.4, 0.5) is 0 Å². The van der Waals surface area contributed by atoms with Gasteiger partial charge in [0.15, 0.2) is 0 Å². The standard InChI is InChI=1S/C22H12O3/c23-21(22(24)25)17-11-10-13-9-8-12-4-3-7-15-14-5-1-2-6-16(14)20(17)19(13)18(12)15/h1-11H,(H,24,25). The molecule has 3 nitrogen and oxygen atoms in total. The van der Waals surface area contributed by atoms with Crippen LogP contribution in [0.1, 0.15) is 10.4 Å². The minimum Gasteiger partial charge on any atom is -0.475 e. The number of carboxylic acids is 1. The average Bonchev–Trinajstić information content (AvgIpc) is 2.65. The lowest BCUT2D eigenvalue weighted by molar-refractivity contribution is -0.131. The lowest BCUT2D eigenvalue weighted by Gasteiger charge is -2.16. The van der Waals surface area contributed by atoms with Gasteiger partial charge in [0.25, 0.3) is 5.78 Å². The number of fused-ring (bicyclic) bond motifs is 3. The first-order valence-corrected chi connectivity index (χ1v) is 8.02. The summed E-state index contributed by atoms with van der Waals surface area (Å²) in [5.74, 6) is -2.30. The number of Topliss-reactive ketones (excluding diaryl/α,β-unsaturated/α-hetero) is 1. The Hall–Kier alpha value is -3.46. The maximum absolute atomic E-state index is 12.3. The third kappa shape index (κ3) is 1.75. The molecule has 5 aromatic rings. The van der Waals surface area contributed by atoms with Crippen LogP contribution in [-0.2, 0) is 4.79 Å². The first-order chi connectivity index (χ1) is 12.2. The van der Waals surface area contributed by atoms with Crippen molar-refractivity contribution in [3.63, 3.8) is 0 Å². The number of ketones is 1. The molecule has 3 heteroatoms. The van der Waals surface area contributed by atoms with Gasteiger partial charge in [0.2, 0.25) is 0 Å². The molecule has 0 aliphatic rings. The molecule has 0 unspecified atom stereocenters. The maximum atomic E-state index is 12.3. The van der Waals surface area contributed by atoms with Gasteiger partial charge in [-0.15, -0.1) is 0 Å². The molecule has 0 saturated carbocycles. The first kappa shape index (κ1) is 13.9. The van der Waals surface area contributed by atoms with E-state index in [9.17, 15) is 14.7 Å². The number of carbonyl (C=O) groups excluding carboxylic acids is 1. The second kappa shape index (κ2) is 4.77. The predicted molar refractivity (Wildman–Crippen MR) is 99.6 cm³/mol. The van der Waals surface area contributed by atoms with Gasteiger partial charge < -0.3 is 5.11 Å². The van der Waals surface area contributed by atoms with E-state index < -0.39 is 11.8 Å². The van der Waals surface area contributed by atoms with E-state index in [4.69, 9.17) is 0 Å². The number of aliphatic carboxylic acids is 1. The Balaban J connectivity index is 2.19. The fraction of sp³-hybridized carbons (Fsp3) is 0. The van der Waals surface area contributed by atoms with E-state index in [0.717, 1.165) is 43.1 Å². The summed E-state index contributed by atoms with van der Waals surface area (Å²) in [4.78, 5) is 23.7. The summed E-state index contributed by atoms with van der Waals surface area (Å²) in [6, 6.07) is 21.6. The molecular formula is C22H12O3. The lowest BCUT2D eigenvalue weighted by Crippen LogP contribution is -2.13. The van der Waals surface area contributed by atoms with Crippen LogP contribution in [0.2, 0.25) is 0 Å². The quantitative estimate of drug-likeness (QED) is 0.215. The molecular weight excluding hydrogens is 312 g/mol. The normalized spacial score (nSPS) is 11.7. The summed E-state index contributed by atoms with van der Waals surface area (Å²) < 4.78 is 0. The van der Waals surface area contributed by atoms with Crippen molar-refractivity contribution < 1.29 is 14.7 Å². The smallest absolute Gasteiger partial charge is 0.377 e. The van der Waals surface area contributed by atoms with Crippen molar-refractivity contribution in [3.05, 3.63) is 72.3 Å². The second-order valence-corrected chi connectivity index (χ2v) is 6.24. The monoisotopic (exact) mass is 324 g/mol. The zero-order valence-corrected chi connectivity index (χ0v) is 13.1. The molecule has 1 N–H and O–H groups in total. The summed E-state index contributed by atoms with van der Waals surface area (Å²) in [5, 5.41) is 17.2. The fourth-order valence-corrected chi connectivity index (χ4v) is 3.94. The van der Waals surface area contributed by atoms with Crippen LogP contribution in [0.5, 0.6) is 0 Å². The molecule has 0 atom stereocenters. The highest BCUT2D eigenvalue weighted by Crippen LogP contribution is 2.41. The van der Waals surface area contributed by atoms with Crippen molar-refractivity contribution >= 4 is 54.8 Å². The van der Waals surface area contributed by atoms with Gasteiger partial charge >= 0.3 is 5.97 Å². The largest absolute Gasteiger partial charge is 0.475 e. The number of carboxylic acid groups (broad SMARTS) is 1. The topological polar surface area (TPSA) is 54.4 Å². The SMILES string of the molecule is O=C(O)C(=O)c1ccc2ccc3cccc4c5ccccc5c1c2c34. The van der Waals surface area contributed by atoms with Crippen LogP contribution in [0.3, 0.4) is 0 Å². The summed E-state index contributed by atoms with van der Waals surface area (Å²) in [6.45, 7) is 0. The van der Waals surface area contributed by atoms with E-state index in [2.05, 4.69) is 12.1 Å².